The van der Waals surface area contributed by atoms with Gasteiger partial charge >= 0.3 is 6.18 Å². The summed E-state index contributed by atoms with van der Waals surface area (Å²) in [7, 11) is 0. The molecular weight excluding hydrogens is 381 g/mol. The van der Waals surface area contributed by atoms with Crippen molar-refractivity contribution in [3.63, 3.8) is 0 Å². The standard InChI is InChI=1S/C19H17F3O6/c20-19(21,22)12-6-4-10(5-7-12)15(24)11-2-1-3-13(8-11)28-17-16(25)14(23)9-27-18(17)26/h1-8,14,16-18,23,25-26H,9H2/t14-,16+,17-,18-/m1/s1. The van der Waals surface area contributed by atoms with Gasteiger partial charge in [-0.05, 0) is 24.3 Å². The minimum Gasteiger partial charge on any atom is -0.482 e. The van der Waals surface area contributed by atoms with Crippen LogP contribution in [0.15, 0.2) is 48.5 Å². The molecule has 0 aromatic heterocycles. The second-order valence-electron chi connectivity index (χ2n) is 6.30. The van der Waals surface area contributed by atoms with Gasteiger partial charge < -0.3 is 24.8 Å². The zero-order chi connectivity index (χ0) is 20.5. The van der Waals surface area contributed by atoms with Crippen LogP contribution in [0.1, 0.15) is 21.5 Å². The van der Waals surface area contributed by atoms with Gasteiger partial charge in [0.2, 0.25) is 0 Å². The van der Waals surface area contributed by atoms with E-state index in [1.165, 1.54) is 24.3 Å². The third-order valence-electron chi connectivity index (χ3n) is 4.29. The van der Waals surface area contributed by atoms with Gasteiger partial charge in [0.1, 0.15) is 18.0 Å². The Hall–Kier alpha value is -2.46. The van der Waals surface area contributed by atoms with E-state index in [4.69, 9.17) is 9.47 Å². The molecule has 2 aromatic rings. The maximum atomic E-state index is 12.6. The molecular formula is C19H17F3O6. The number of hydrogen-bond acceptors (Lipinski definition) is 6. The Kier molecular flexibility index (Phi) is 5.71. The molecule has 1 heterocycles. The van der Waals surface area contributed by atoms with Crippen LogP contribution in [0.2, 0.25) is 0 Å². The van der Waals surface area contributed by atoms with Gasteiger partial charge in [-0.1, -0.05) is 24.3 Å². The summed E-state index contributed by atoms with van der Waals surface area (Å²) in [5.74, 6) is -0.418. The minimum absolute atomic E-state index is 0.0571. The first-order valence-electron chi connectivity index (χ1n) is 8.31. The van der Waals surface area contributed by atoms with E-state index in [1.54, 1.807) is 0 Å². The van der Waals surface area contributed by atoms with E-state index in [1.807, 2.05) is 0 Å². The molecule has 1 saturated heterocycles. The van der Waals surface area contributed by atoms with Crippen LogP contribution in [0.25, 0.3) is 0 Å². The van der Waals surface area contributed by atoms with Gasteiger partial charge in [0.25, 0.3) is 0 Å². The Morgan fingerprint density at radius 1 is 1.04 bits per heavy atom. The summed E-state index contributed by atoms with van der Waals surface area (Å²) in [4.78, 5) is 12.5. The number of benzene rings is 2. The van der Waals surface area contributed by atoms with Gasteiger partial charge in [-0.3, -0.25) is 4.79 Å². The van der Waals surface area contributed by atoms with Gasteiger partial charge in [0.05, 0.1) is 12.2 Å². The summed E-state index contributed by atoms with van der Waals surface area (Å²) in [6.45, 7) is -0.255. The predicted molar refractivity (Wildman–Crippen MR) is 89.7 cm³/mol. The van der Waals surface area contributed by atoms with Crippen molar-refractivity contribution in [2.24, 2.45) is 0 Å². The summed E-state index contributed by atoms with van der Waals surface area (Å²) < 4.78 is 48.3. The Balaban J connectivity index is 1.78. The van der Waals surface area contributed by atoms with Crippen molar-refractivity contribution in [2.45, 2.75) is 30.8 Å². The molecule has 0 saturated carbocycles. The van der Waals surface area contributed by atoms with Gasteiger partial charge in [-0.15, -0.1) is 0 Å². The molecule has 4 atom stereocenters. The van der Waals surface area contributed by atoms with Gasteiger partial charge in [-0.2, -0.15) is 13.2 Å². The fraction of sp³-hybridized carbons (Fsp3) is 0.316. The minimum atomic E-state index is -4.50. The fourth-order valence-electron chi connectivity index (χ4n) is 2.75. The lowest BCUT2D eigenvalue weighted by Gasteiger charge is -2.35. The third-order valence-corrected chi connectivity index (χ3v) is 4.29. The highest BCUT2D eigenvalue weighted by Gasteiger charge is 2.39. The number of alkyl halides is 3. The van der Waals surface area contributed by atoms with Crippen molar-refractivity contribution in [1.82, 2.24) is 0 Å². The Labute approximate surface area is 157 Å². The van der Waals surface area contributed by atoms with E-state index in [0.717, 1.165) is 24.3 Å². The molecule has 1 aliphatic rings. The van der Waals surface area contributed by atoms with Crippen LogP contribution in [-0.2, 0) is 10.9 Å². The van der Waals surface area contributed by atoms with E-state index in [0.29, 0.717) is 0 Å². The number of ether oxygens (including phenoxy) is 2. The topological polar surface area (TPSA) is 96.2 Å². The lowest BCUT2D eigenvalue weighted by molar-refractivity contribution is -0.244. The van der Waals surface area contributed by atoms with E-state index >= 15 is 0 Å². The van der Waals surface area contributed by atoms with Crippen molar-refractivity contribution < 1.29 is 42.8 Å². The lowest BCUT2D eigenvalue weighted by atomic mass is 10.0. The van der Waals surface area contributed by atoms with Crippen molar-refractivity contribution in [2.75, 3.05) is 6.61 Å². The lowest BCUT2D eigenvalue weighted by Crippen LogP contribution is -2.55. The van der Waals surface area contributed by atoms with Crippen LogP contribution in [0, 0.1) is 0 Å². The molecule has 2 aromatic carbocycles. The van der Waals surface area contributed by atoms with Gasteiger partial charge in [0.15, 0.2) is 18.2 Å². The average Bonchev–Trinajstić information content (AvgIpc) is 2.67. The SMILES string of the molecule is O=C(c1ccc(C(F)(F)F)cc1)c1cccc(O[C@@H]2[C@@H](O)[C@H](O)CO[C@H]2O)c1. The van der Waals surface area contributed by atoms with Crippen molar-refractivity contribution in [3.8, 4) is 5.75 Å². The van der Waals surface area contributed by atoms with Gasteiger partial charge in [0, 0.05) is 11.1 Å². The number of aliphatic hydroxyl groups excluding tert-OH is 3. The summed E-state index contributed by atoms with van der Waals surface area (Å²) in [5, 5.41) is 29.3. The second-order valence-corrected chi connectivity index (χ2v) is 6.30. The molecule has 6 nitrogen and oxygen atoms in total. The summed E-state index contributed by atoms with van der Waals surface area (Å²) in [6, 6.07) is 9.51. The average molecular weight is 398 g/mol. The zero-order valence-corrected chi connectivity index (χ0v) is 14.3. The molecule has 3 N–H and O–H groups in total. The van der Waals surface area contributed by atoms with Crippen LogP contribution in [0.3, 0.4) is 0 Å². The predicted octanol–water partition coefficient (Wildman–Crippen LogP) is 1.75. The maximum absolute atomic E-state index is 12.6. The maximum Gasteiger partial charge on any atom is 0.416 e. The Bertz CT molecular complexity index is 836. The highest BCUT2D eigenvalue weighted by molar-refractivity contribution is 6.09. The van der Waals surface area contributed by atoms with Crippen molar-refractivity contribution in [1.29, 1.82) is 0 Å². The van der Waals surface area contributed by atoms with Crippen molar-refractivity contribution >= 4 is 5.78 Å². The summed E-state index contributed by atoms with van der Waals surface area (Å²) >= 11 is 0. The fourth-order valence-corrected chi connectivity index (χ4v) is 2.75. The number of halogens is 3. The molecule has 1 aliphatic heterocycles. The largest absolute Gasteiger partial charge is 0.482 e. The molecule has 9 heteroatoms. The zero-order valence-electron chi connectivity index (χ0n) is 14.3. The first kappa shape index (κ1) is 20.3. The number of ketones is 1. The number of hydrogen-bond donors (Lipinski definition) is 3. The van der Waals surface area contributed by atoms with Crippen LogP contribution < -0.4 is 4.74 Å². The van der Waals surface area contributed by atoms with Crippen LogP contribution in [-0.4, -0.2) is 52.3 Å². The van der Waals surface area contributed by atoms with E-state index in [9.17, 15) is 33.3 Å². The van der Waals surface area contributed by atoms with Gasteiger partial charge in [-0.25, -0.2) is 0 Å². The van der Waals surface area contributed by atoms with Crippen LogP contribution in [0.4, 0.5) is 13.2 Å². The number of aliphatic hydroxyl groups is 3. The second kappa shape index (κ2) is 7.88. The number of carbonyl (C=O) groups excluding carboxylic acids is 1. The van der Waals surface area contributed by atoms with E-state index in [2.05, 4.69) is 0 Å². The summed E-state index contributed by atoms with van der Waals surface area (Å²) in [6.07, 6.45) is -9.90. The molecule has 3 rings (SSSR count). The highest BCUT2D eigenvalue weighted by Crippen LogP contribution is 2.29. The smallest absolute Gasteiger partial charge is 0.416 e. The molecule has 0 amide bonds. The first-order valence-corrected chi connectivity index (χ1v) is 8.31. The molecule has 1 fully saturated rings. The molecule has 28 heavy (non-hydrogen) atoms. The first-order chi connectivity index (χ1) is 13.2. The number of rotatable bonds is 4. The normalized spacial score (nSPS) is 25.4. The molecule has 0 radical (unpaired) electrons. The molecule has 0 unspecified atom stereocenters. The summed E-state index contributed by atoms with van der Waals surface area (Å²) in [5.41, 5.74) is -0.667. The van der Waals surface area contributed by atoms with E-state index < -0.39 is 42.1 Å². The third kappa shape index (κ3) is 4.33. The molecule has 0 spiro atoms. The molecule has 0 bridgehead atoms. The molecule has 150 valence electrons. The molecule has 0 aliphatic carbocycles. The number of carbonyl (C=O) groups is 1. The van der Waals surface area contributed by atoms with Crippen LogP contribution in [0.5, 0.6) is 5.75 Å². The van der Waals surface area contributed by atoms with Crippen molar-refractivity contribution in [3.05, 3.63) is 65.2 Å². The monoisotopic (exact) mass is 398 g/mol. The Morgan fingerprint density at radius 3 is 2.36 bits per heavy atom. The quantitative estimate of drug-likeness (QED) is 0.680. The van der Waals surface area contributed by atoms with E-state index in [-0.39, 0.29) is 23.5 Å². The van der Waals surface area contributed by atoms with Crippen LogP contribution >= 0.6 is 0 Å². The highest BCUT2D eigenvalue weighted by atomic mass is 19.4. The Morgan fingerprint density at radius 2 is 1.71 bits per heavy atom.